The molecule has 1 aliphatic carbocycles. The summed E-state index contributed by atoms with van der Waals surface area (Å²) in [5.74, 6) is -0.559. The summed E-state index contributed by atoms with van der Waals surface area (Å²) in [7, 11) is -6.98. The van der Waals surface area contributed by atoms with Crippen molar-refractivity contribution in [1.82, 2.24) is 0 Å². The Hall–Kier alpha value is -2.19. The number of hydrogen-bond acceptors (Lipinski definition) is 5. The van der Waals surface area contributed by atoms with Crippen LogP contribution in [0.1, 0.15) is 49.9 Å². The van der Waals surface area contributed by atoms with Crippen molar-refractivity contribution in [2.75, 3.05) is 5.32 Å². The van der Waals surface area contributed by atoms with Crippen LogP contribution in [0.2, 0.25) is 0 Å². The molecule has 0 aromatic heterocycles. The third-order valence-corrected chi connectivity index (χ3v) is 9.73. The van der Waals surface area contributed by atoms with E-state index in [1.165, 1.54) is 36.4 Å². The van der Waals surface area contributed by atoms with Crippen LogP contribution in [0.25, 0.3) is 0 Å². The Morgan fingerprint density at radius 1 is 0.931 bits per heavy atom. The van der Waals surface area contributed by atoms with Crippen molar-refractivity contribution in [3.05, 3.63) is 54.1 Å². The molecule has 8 heteroatoms. The first-order valence-electron chi connectivity index (χ1n) is 9.62. The van der Waals surface area contributed by atoms with Crippen LogP contribution < -0.4 is 5.32 Å². The van der Waals surface area contributed by atoms with Crippen molar-refractivity contribution in [3.8, 4) is 0 Å². The number of benzene rings is 2. The highest BCUT2D eigenvalue weighted by Gasteiger charge is 2.30. The number of rotatable bonds is 6. The molecule has 3 rings (SSSR count). The van der Waals surface area contributed by atoms with Gasteiger partial charge in [0.25, 0.3) is 5.91 Å². The third-order valence-electron chi connectivity index (χ3n) is 5.24. The Morgan fingerprint density at radius 2 is 1.52 bits per heavy atom. The molecular formula is C21H25NO5S2. The van der Waals surface area contributed by atoms with E-state index in [4.69, 9.17) is 0 Å². The zero-order chi connectivity index (χ0) is 21.2. The van der Waals surface area contributed by atoms with E-state index in [1.54, 1.807) is 26.0 Å². The lowest BCUT2D eigenvalue weighted by molar-refractivity contribution is 0.102. The lowest BCUT2D eigenvalue weighted by Gasteiger charge is -2.14. The molecule has 0 atom stereocenters. The fourth-order valence-corrected chi connectivity index (χ4v) is 6.57. The summed E-state index contributed by atoms with van der Waals surface area (Å²) in [4.78, 5) is 12.9. The van der Waals surface area contributed by atoms with Crippen molar-refractivity contribution in [3.63, 3.8) is 0 Å². The standard InChI is InChI=1S/C21H25NO5S2/c1-15(2)28(24,25)20-10-6-5-9-19(20)21(23)22-16-11-13-18(14-12-16)29(26,27)17-7-3-4-8-17/h5-6,9-15,17H,3-4,7-8H2,1-2H3,(H,22,23). The molecule has 1 saturated carbocycles. The van der Waals surface area contributed by atoms with Gasteiger partial charge >= 0.3 is 0 Å². The zero-order valence-electron chi connectivity index (χ0n) is 16.5. The first-order chi connectivity index (χ1) is 13.6. The predicted octanol–water partition coefficient (Wildman–Crippen LogP) is 3.84. The number of amides is 1. The molecule has 156 valence electrons. The van der Waals surface area contributed by atoms with Crippen LogP contribution in [0.4, 0.5) is 5.69 Å². The molecular weight excluding hydrogens is 410 g/mol. The van der Waals surface area contributed by atoms with Crippen molar-refractivity contribution in [2.24, 2.45) is 0 Å². The number of carbonyl (C=O) groups excluding carboxylic acids is 1. The topological polar surface area (TPSA) is 97.4 Å². The SMILES string of the molecule is CC(C)S(=O)(=O)c1ccccc1C(=O)Nc1ccc(S(=O)(=O)C2CCCC2)cc1. The van der Waals surface area contributed by atoms with Gasteiger partial charge in [-0.05, 0) is 63.1 Å². The minimum Gasteiger partial charge on any atom is -0.322 e. The fraction of sp³-hybridized carbons (Fsp3) is 0.381. The van der Waals surface area contributed by atoms with E-state index in [-0.39, 0.29) is 20.6 Å². The molecule has 2 aromatic carbocycles. The summed E-state index contributed by atoms with van der Waals surface area (Å²) < 4.78 is 50.4. The van der Waals surface area contributed by atoms with Gasteiger partial charge in [0.05, 0.1) is 25.9 Å². The Kier molecular flexibility index (Phi) is 6.14. The monoisotopic (exact) mass is 435 g/mol. The number of carbonyl (C=O) groups is 1. The molecule has 1 amide bonds. The molecule has 29 heavy (non-hydrogen) atoms. The highest BCUT2D eigenvalue weighted by Crippen LogP contribution is 2.30. The van der Waals surface area contributed by atoms with Gasteiger partial charge < -0.3 is 5.32 Å². The molecule has 0 heterocycles. The molecule has 0 saturated heterocycles. The minimum absolute atomic E-state index is 0.0204. The van der Waals surface area contributed by atoms with Gasteiger partial charge in [0.15, 0.2) is 19.7 Å². The number of hydrogen-bond donors (Lipinski definition) is 1. The molecule has 2 aromatic rings. The molecule has 1 fully saturated rings. The quantitative estimate of drug-likeness (QED) is 0.743. The molecule has 1 aliphatic rings. The van der Waals surface area contributed by atoms with Crippen molar-refractivity contribution >= 4 is 31.3 Å². The second kappa shape index (κ2) is 8.28. The molecule has 0 bridgehead atoms. The predicted molar refractivity (Wildman–Crippen MR) is 113 cm³/mol. The van der Waals surface area contributed by atoms with E-state index in [0.717, 1.165) is 12.8 Å². The summed E-state index contributed by atoms with van der Waals surface area (Å²) in [6, 6.07) is 12.1. The number of sulfone groups is 2. The lowest BCUT2D eigenvalue weighted by Crippen LogP contribution is -2.21. The smallest absolute Gasteiger partial charge is 0.256 e. The second-order valence-electron chi connectivity index (χ2n) is 7.52. The Morgan fingerprint density at radius 3 is 2.10 bits per heavy atom. The molecule has 0 aliphatic heterocycles. The maximum Gasteiger partial charge on any atom is 0.256 e. The van der Waals surface area contributed by atoms with E-state index in [9.17, 15) is 21.6 Å². The van der Waals surface area contributed by atoms with Gasteiger partial charge in [0.1, 0.15) is 0 Å². The van der Waals surface area contributed by atoms with Gasteiger partial charge in [-0.25, -0.2) is 16.8 Å². The zero-order valence-corrected chi connectivity index (χ0v) is 18.1. The van der Waals surface area contributed by atoms with Crippen LogP contribution in [0.5, 0.6) is 0 Å². The lowest BCUT2D eigenvalue weighted by atomic mass is 10.2. The van der Waals surface area contributed by atoms with Gasteiger partial charge in [0.2, 0.25) is 0 Å². The van der Waals surface area contributed by atoms with E-state index in [1.807, 2.05) is 0 Å². The Balaban J connectivity index is 1.82. The van der Waals surface area contributed by atoms with Crippen molar-refractivity contribution in [1.29, 1.82) is 0 Å². The summed E-state index contributed by atoms with van der Waals surface area (Å²) in [5, 5.41) is 1.67. The third kappa shape index (κ3) is 4.38. The maximum absolute atomic E-state index is 12.7. The first-order valence-corrected chi connectivity index (χ1v) is 12.7. The Labute approximate surface area is 172 Å². The van der Waals surface area contributed by atoms with Crippen LogP contribution in [-0.2, 0) is 19.7 Å². The largest absolute Gasteiger partial charge is 0.322 e. The first kappa shape index (κ1) is 21.5. The fourth-order valence-electron chi connectivity index (χ4n) is 3.47. The summed E-state index contributed by atoms with van der Waals surface area (Å²) in [6.07, 6.45) is 3.22. The number of anilines is 1. The average Bonchev–Trinajstić information content (AvgIpc) is 3.24. The highest BCUT2D eigenvalue weighted by molar-refractivity contribution is 7.92. The molecule has 1 N–H and O–H groups in total. The Bertz CT molecular complexity index is 1100. The van der Waals surface area contributed by atoms with Crippen LogP contribution in [-0.4, -0.2) is 33.2 Å². The van der Waals surface area contributed by atoms with Gasteiger partial charge in [-0.3, -0.25) is 4.79 Å². The van der Waals surface area contributed by atoms with Gasteiger partial charge in [-0.15, -0.1) is 0 Å². The second-order valence-corrected chi connectivity index (χ2v) is 12.2. The van der Waals surface area contributed by atoms with Crippen LogP contribution in [0.15, 0.2) is 58.3 Å². The van der Waals surface area contributed by atoms with E-state index < -0.39 is 30.8 Å². The van der Waals surface area contributed by atoms with Gasteiger partial charge in [0, 0.05) is 5.69 Å². The molecule has 6 nitrogen and oxygen atoms in total. The van der Waals surface area contributed by atoms with Crippen molar-refractivity contribution in [2.45, 2.75) is 59.8 Å². The summed E-state index contributed by atoms with van der Waals surface area (Å²) in [5.41, 5.74) is 0.459. The van der Waals surface area contributed by atoms with E-state index >= 15 is 0 Å². The maximum atomic E-state index is 12.7. The van der Waals surface area contributed by atoms with Crippen LogP contribution >= 0.6 is 0 Å². The molecule has 0 spiro atoms. The van der Waals surface area contributed by atoms with E-state index in [2.05, 4.69) is 5.32 Å². The van der Waals surface area contributed by atoms with Gasteiger partial charge in [-0.2, -0.15) is 0 Å². The highest BCUT2D eigenvalue weighted by atomic mass is 32.2. The molecule has 0 unspecified atom stereocenters. The average molecular weight is 436 g/mol. The van der Waals surface area contributed by atoms with Crippen molar-refractivity contribution < 1.29 is 21.6 Å². The summed E-state index contributed by atoms with van der Waals surface area (Å²) >= 11 is 0. The van der Waals surface area contributed by atoms with E-state index in [0.29, 0.717) is 18.5 Å². The minimum atomic E-state index is -3.62. The van der Waals surface area contributed by atoms with Gasteiger partial charge in [-0.1, -0.05) is 25.0 Å². The number of nitrogens with one attached hydrogen (secondary N) is 1. The van der Waals surface area contributed by atoms with Crippen LogP contribution in [0, 0.1) is 0 Å². The molecule has 0 radical (unpaired) electrons. The van der Waals surface area contributed by atoms with Crippen LogP contribution in [0.3, 0.4) is 0 Å². The summed E-state index contributed by atoms with van der Waals surface area (Å²) in [6.45, 7) is 3.13. The normalized spacial score (nSPS) is 15.6.